The molecule has 2 aromatic carbocycles. The van der Waals surface area contributed by atoms with Crippen LogP contribution < -0.4 is 15.8 Å². The Morgan fingerprint density at radius 1 is 1.23 bits per heavy atom. The number of halogens is 3. The fraction of sp³-hybridized carbons (Fsp3) is 0.429. The van der Waals surface area contributed by atoms with Gasteiger partial charge in [-0.25, -0.2) is 17.2 Å². The van der Waals surface area contributed by atoms with Crippen LogP contribution in [0.3, 0.4) is 0 Å². The summed E-state index contributed by atoms with van der Waals surface area (Å²) in [7, 11) is -2.67. The maximum absolute atomic E-state index is 13.3. The summed E-state index contributed by atoms with van der Waals surface area (Å²) >= 11 is 2.25. The summed E-state index contributed by atoms with van der Waals surface area (Å²) in [6.45, 7) is 0.893. The van der Waals surface area contributed by atoms with Gasteiger partial charge in [-0.05, 0) is 64.9 Å². The lowest BCUT2D eigenvalue weighted by Gasteiger charge is -2.29. The first-order chi connectivity index (χ1) is 14.4. The van der Waals surface area contributed by atoms with Gasteiger partial charge >= 0.3 is 0 Å². The molecule has 31 heavy (non-hydrogen) atoms. The minimum atomic E-state index is -2.67. The molecule has 0 spiro atoms. The molecule has 0 bridgehead atoms. The quantitative estimate of drug-likeness (QED) is 0.464. The molecule has 0 amide bonds. The van der Waals surface area contributed by atoms with Crippen molar-refractivity contribution in [1.29, 1.82) is 0 Å². The normalized spacial score (nSPS) is 17.6. The number of fused-ring (bicyclic) bond motifs is 1. The molecule has 2 aromatic rings. The Morgan fingerprint density at radius 2 is 1.84 bits per heavy atom. The topological polar surface area (TPSA) is 102 Å². The molecule has 3 atom stereocenters. The number of aliphatic hydroxyl groups excluding tert-OH is 1. The number of nitrogens with one attached hydrogen (secondary N) is 1. The zero-order chi connectivity index (χ0) is 23.2. The highest BCUT2D eigenvalue weighted by atomic mass is 127. The van der Waals surface area contributed by atoms with Gasteiger partial charge in [-0.15, -0.1) is 0 Å². The van der Waals surface area contributed by atoms with E-state index in [9.17, 15) is 22.3 Å². The number of ether oxygens (including phenoxy) is 1. The molecule has 172 valence electrons. The summed E-state index contributed by atoms with van der Waals surface area (Å²) in [6, 6.07) is 8.74. The molecule has 0 radical (unpaired) electrons. The Kier molecular flexibility index (Phi) is 9.62. The second kappa shape index (κ2) is 11.5. The Balaban J connectivity index is 0.000000614. The second-order valence-corrected chi connectivity index (χ2v) is 11.2. The van der Waals surface area contributed by atoms with Crippen molar-refractivity contribution in [3.05, 3.63) is 62.7 Å². The molecular formula is C21H27F2IN2O4S. The lowest BCUT2D eigenvalue weighted by molar-refractivity contribution is 0.133. The van der Waals surface area contributed by atoms with E-state index < -0.39 is 33.6 Å². The van der Waals surface area contributed by atoms with Crippen LogP contribution in [0.5, 0.6) is 5.75 Å². The van der Waals surface area contributed by atoms with Gasteiger partial charge in [0.25, 0.3) is 0 Å². The van der Waals surface area contributed by atoms with Crippen LogP contribution in [0.4, 0.5) is 8.78 Å². The lowest BCUT2D eigenvalue weighted by atomic mass is 9.98. The summed E-state index contributed by atoms with van der Waals surface area (Å²) < 4.78 is 52.6. The van der Waals surface area contributed by atoms with Crippen LogP contribution in [0.25, 0.3) is 0 Å². The van der Waals surface area contributed by atoms with Crippen LogP contribution in [-0.2, 0) is 16.3 Å². The predicted octanol–water partition coefficient (Wildman–Crippen LogP) is 2.57. The number of aliphatic hydroxyl groups is 1. The zero-order valence-corrected chi connectivity index (χ0v) is 20.3. The molecular weight excluding hydrogens is 541 g/mol. The summed E-state index contributed by atoms with van der Waals surface area (Å²) in [5.41, 5.74) is 7.52. The molecule has 4 N–H and O–H groups in total. The van der Waals surface area contributed by atoms with E-state index in [4.69, 9.17) is 10.5 Å². The zero-order valence-electron chi connectivity index (χ0n) is 17.3. The summed E-state index contributed by atoms with van der Waals surface area (Å²) in [6.07, 6.45) is 2.47. The van der Waals surface area contributed by atoms with Gasteiger partial charge in [0.05, 0.1) is 12.7 Å². The van der Waals surface area contributed by atoms with Gasteiger partial charge in [-0.1, -0.05) is 0 Å². The van der Waals surface area contributed by atoms with Crippen molar-refractivity contribution in [3.8, 4) is 5.75 Å². The molecule has 0 aliphatic carbocycles. The highest BCUT2D eigenvalue weighted by molar-refractivity contribution is 14.1. The number of sulfone groups is 1. The van der Waals surface area contributed by atoms with Crippen molar-refractivity contribution in [3.63, 3.8) is 0 Å². The number of benzene rings is 2. The molecule has 1 aliphatic heterocycles. The van der Waals surface area contributed by atoms with E-state index in [1.807, 2.05) is 12.1 Å². The first kappa shape index (κ1) is 25.9. The molecule has 1 aliphatic rings. The third-order valence-electron chi connectivity index (χ3n) is 4.47. The molecule has 10 heteroatoms. The molecule has 3 rings (SSSR count). The number of rotatable bonds is 6. The van der Waals surface area contributed by atoms with Crippen LogP contribution in [0.1, 0.15) is 23.6 Å². The first-order valence-corrected chi connectivity index (χ1v) is 13.0. The summed E-state index contributed by atoms with van der Waals surface area (Å²) in [5.74, 6) is -0.440. The largest absolute Gasteiger partial charge is 0.493 e. The fourth-order valence-electron chi connectivity index (χ4n) is 3.13. The summed E-state index contributed by atoms with van der Waals surface area (Å²) in [5, 5.41) is 13.7. The number of hydrogen-bond donors (Lipinski definition) is 3. The Hall–Kier alpha value is -1.34. The van der Waals surface area contributed by atoms with Crippen molar-refractivity contribution >= 4 is 32.4 Å². The molecule has 1 heterocycles. The van der Waals surface area contributed by atoms with Gasteiger partial charge < -0.3 is 20.9 Å². The molecule has 0 saturated heterocycles. The van der Waals surface area contributed by atoms with E-state index in [1.54, 1.807) is 0 Å². The average molecular weight is 568 g/mol. The van der Waals surface area contributed by atoms with Gasteiger partial charge in [0, 0.05) is 52.8 Å². The van der Waals surface area contributed by atoms with Gasteiger partial charge in [-0.3, -0.25) is 0 Å². The molecule has 0 saturated carbocycles. The maximum atomic E-state index is 13.3. The average Bonchev–Trinajstić information content (AvgIpc) is 2.63. The highest BCUT2D eigenvalue weighted by Crippen LogP contribution is 2.33. The third kappa shape index (κ3) is 9.36. The van der Waals surface area contributed by atoms with E-state index in [-0.39, 0.29) is 19.0 Å². The van der Waals surface area contributed by atoms with Gasteiger partial charge in [0.2, 0.25) is 0 Å². The second-order valence-electron chi connectivity index (χ2n) is 7.64. The molecule has 0 unspecified atom stereocenters. The van der Waals surface area contributed by atoms with Gasteiger partial charge in [0.1, 0.15) is 27.2 Å². The monoisotopic (exact) mass is 568 g/mol. The smallest absolute Gasteiger partial charge is 0.144 e. The van der Waals surface area contributed by atoms with Crippen LogP contribution in [0.15, 0.2) is 36.4 Å². The van der Waals surface area contributed by atoms with E-state index in [0.29, 0.717) is 12.2 Å². The van der Waals surface area contributed by atoms with Crippen LogP contribution in [0.2, 0.25) is 0 Å². The Bertz CT molecular complexity index is 963. The number of hydrogen-bond acceptors (Lipinski definition) is 6. The summed E-state index contributed by atoms with van der Waals surface area (Å²) in [4.78, 5) is 0. The van der Waals surface area contributed by atoms with E-state index in [2.05, 4.69) is 34.0 Å². The Labute approximate surface area is 195 Å². The van der Waals surface area contributed by atoms with E-state index in [1.165, 1.54) is 12.1 Å². The van der Waals surface area contributed by atoms with Gasteiger partial charge in [0.15, 0.2) is 0 Å². The van der Waals surface area contributed by atoms with Crippen LogP contribution in [0, 0.1) is 15.2 Å². The maximum Gasteiger partial charge on any atom is 0.144 e. The van der Waals surface area contributed by atoms with E-state index >= 15 is 0 Å². The number of nitrogens with two attached hydrogens (primary N) is 1. The van der Waals surface area contributed by atoms with Crippen LogP contribution >= 0.6 is 22.6 Å². The lowest BCUT2D eigenvalue weighted by Crippen LogP contribution is -2.44. The van der Waals surface area contributed by atoms with Crippen molar-refractivity contribution in [2.75, 3.05) is 25.7 Å². The minimum absolute atomic E-state index is 0.0712. The van der Waals surface area contributed by atoms with Crippen molar-refractivity contribution in [1.82, 2.24) is 5.32 Å². The molecule has 0 fully saturated rings. The van der Waals surface area contributed by atoms with Crippen molar-refractivity contribution in [2.45, 2.75) is 31.0 Å². The fourth-order valence-corrected chi connectivity index (χ4v) is 3.64. The van der Waals surface area contributed by atoms with Gasteiger partial charge in [-0.2, -0.15) is 0 Å². The van der Waals surface area contributed by atoms with Crippen molar-refractivity contribution in [2.24, 2.45) is 5.73 Å². The first-order valence-electron chi connectivity index (χ1n) is 9.61. The van der Waals surface area contributed by atoms with Crippen LogP contribution in [-0.4, -0.2) is 51.3 Å². The third-order valence-corrected chi connectivity index (χ3v) is 5.14. The predicted molar refractivity (Wildman–Crippen MR) is 125 cm³/mol. The van der Waals surface area contributed by atoms with Crippen molar-refractivity contribution < 1.29 is 27.0 Å². The highest BCUT2D eigenvalue weighted by Gasteiger charge is 2.23. The standard InChI is InChI=1S/C19H21F2IN2O2.C2H6O2S/c20-12-5-11(6-13(21)8-12)7-16(23)18(25)10-24-17-3-4-26-19-2-1-14(22)9-15(17)19;1-5(2,3)4/h1-2,5-6,8-9,16-18,24-25H,3-4,7,10,23H2;1-2H3/t16-,17-,18+;/m0./s1. The Morgan fingerprint density at radius 3 is 2.45 bits per heavy atom. The molecule has 6 nitrogen and oxygen atoms in total. The van der Waals surface area contributed by atoms with E-state index in [0.717, 1.165) is 39.9 Å². The SMILES string of the molecule is CS(C)(=O)=O.N[C@@H](Cc1cc(F)cc(F)c1)[C@H](O)CN[C@H]1CCOc2ccc(I)cc21. The molecule has 0 aromatic heterocycles. The minimum Gasteiger partial charge on any atom is -0.493 e.